The molecular weight excluding hydrogens is 234 g/mol. The minimum absolute atomic E-state index is 0.171. The fourth-order valence-corrected chi connectivity index (χ4v) is 2.81. The van der Waals surface area contributed by atoms with Crippen LogP contribution >= 0.6 is 11.3 Å². The second-order valence-electron chi connectivity index (χ2n) is 4.54. The van der Waals surface area contributed by atoms with Crippen LogP contribution in [0.2, 0.25) is 0 Å². The second kappa shape index (κ2) is 6.12. The molecule has 0 atom stereocenters. The van der Waals surface area contributed by atoms with Crippen LogP contribution in [0, 0.1) is 12.8 Å². The first-order valence-electron chi connectivity index (χ1n) is 6.12. The molecule has 1 fully saturated rings. The molecule has 0 radical (unpaired) electrons. The van der Waals surface area contributed by atoms with Crippen LogP contribution in [0.1, 0.15) is 29.8 Å². The molecule has 94 valence electrons. The fourth-order valence-electron chi connectivity index (χ4n) is 2.09. The monoisotopic (exact) mass is 253 g/mol. The molecule has 5 heteroatoms. The summed E-state index contributed by atoms with van der Waals surface area (Å²) in [6.07, 6.45) is 2.90. The molecule has 1 saturated heterocycles. The summed E-state index contributed by atoms with van der Waals surface area (Å²) in [5, 5.41) is 6.30. The number of aryl methyl sites for hydroxylation is 1. The van der Waals surface area contributed by atoms with Crippen molar-refractivity contribution in [2.24, 2.45) is 5.92 Å². The van der Waals surface area contributed by atoms with Crippen LogP contribution < -0.4 is 10.6 Å². The molecule has 1 aromatic rings. The van der Waals surface area contributed by atoms with Crippen molar-refractivity contribution in [2.45, 2.75) is 32.7 Å². The Bertz CT molecular complexity index is 372. The summed E-state index contributed by atoms with van der Waals surface area (Å²) in [4.78, 5) is 17.1. The van der Waals surface area contributed by atoms with Gasteiger partial charge in [0.05, 0.1) is 17.7 Å². The Morgan fingerprint density at radius 3 is 3.00 bits per heavy atom. The van der Waals surface area contributed by atoms with E-state index in [1.54, 1.807) is 11.3 Å². The van der Waals surface area contributed by atoms with E-state index >= 15 is 0 Å². The number of hydrogen-bond acceptors (Lipinski definition) is 4. The van der Waals surface area contributed by atoms with Gasteiger partial charge in [0, 0.05) is 11.3 Å². The maximum absolute atomic E-state index is 11.8. The highest BCUT2D eigenvalue weighted by Gasteiger charge is 2.16. The number of nitrogens with zero attached hydrogens (tertiary/aromatic N) is 1. The lowest BCUT2D eigenvalue weighted by atomic mass is 9.94. The SMILES string of the molecule is Cc1ncsc1CNC(=O)CC1CCNCC1. The van der Waals surface area contributed by atoms with E-state index in [1.807, 2.05) is 12.4 Å². The van der Waals surface area contributed by atoms with Crippen molar-refractivity contribution in [1.29, 1.82) is 0 Å². The van der Waals surface area contributed by atoms with Gasteiger partial charge in [-0.2, -0.15) is 0 Å². The van der Waals surface area contributed by atoms with E-state index < -0.39 is 0 Å². The zero-order chi connectivity index (χ0) is 12.1. The first-order valence-corrected chi connectivity index (χ1v) is 7.00. The molecule has 2 N–H and O–H groups in total. The molecular formula is C12H19N3OS. The highest BCUT2D eigenvalue weighted by atomic mass is 32.1. The van der Waals surface area contributed by atoms with Gasteiger partial charge < -0.3 is 10.6 Å². The maximum atomic E-state index is 11.8. The average molecular weight is 253 g/mol. The number of amides is 1. The zero-order valence-electron chi connectivity index (χ0n) is 10.2. The lowest BCUT2D eigenvalue weighted by molar-refractivity contribution is -0.122. The Labute approximate surface area is 106 Å². The van der Waals surface area contributed by atoms with Gasteiger partial charge in [-0.05, 0) is 38.8 Å². The molecule has 1 aliphatic rings. The molecule has 2 rings (SSSR count). The molecule has 2 heterocycles. The number of carbonyl (C=O) groups excluding carboxylic acids is 1. The summed E-state index contributed by atoms with van der Waals surface area (Å²) in [6, 6.07) is 0. The quantitative estimate of drug-likeness (QED) is 0.854. The Balaban J connectivity index is 1.72. The predicted octanol–water partition coefficient (Wildman–Crippen LogP) is 1.46. The number of aromatic nitrogens is 1. The molecule has 0 aromatic carbocycles. The molecule has 1 aliphatic heterocycles. The van der Waals surface area contributed by atoms with Crippen LogP contribution in [0.15, 0.2) is 5.51 Å². The first-order chi connectivity index (χ1) is 8.25. The zero-order valence-corrected chi connectivity index (χ0v) is 11.0. The summed E-state index contributed by atoms with van der Waals surface area (Å²) < 4.78 is 0. The fraction of sp³-hybridized carbons (Fsp3) is 0.667. The second-order valence-corrected chi connectivity index (χ2v) is 5.47. The van der Waals surface area contributed by atoms with Crippen LogP contribution in [-0.2, 0) is 11.3 Å². The highest BCUT2D eigenvalue weighted by molar-refractivity contribution is 7.09. The number of piperidine rings is 1. The van der Waals surface area contributed by atoms with Gasteiger partial charge in [-0.25, -0.2) is 4.98 Å². The average Bonchev–Trinajstić information content (AvgIpc) is 2.74. The van der Waals surface area contributed by atoms with Crippen LogP contribution in [-0.4, -0.2) is 24.0 Å². The first kappa shape index (κ1) is 12.5. The van der Waals surface area contributed by atoms with Crippen molar-refractivity contribution < 1.29 is 4.79 Å². The van der Waals surface area contributed by atoms with Crippen molar-refractivity contribution in [3.05, 3.63) is 16.1 Å². The standard InChI is InChI=1S/C12H19N3OS/c1-9-11(17-8-15-9)7-14-12(16)6-10-2-4-13-5-3-10/h8,10,13H,2-7H2,1H3,(H,14,16). The van der Waals surface area contributed by atoms with Crippen molar-refractivity contribution in [3.8, 4) is 0 Å². The number of carbonyl (C=O) groups is 1. The van der Waals surface area contributed by atoms with Crippen molar-refractivity contribution in [3.63, 3.8) is 0 Å². The molecule has 0 spiro atoms. The molecule has 1 amide bonds. The third-order valence-electron chi connectivity index (χ3n) is 3.22. The third-order valence-corrected chi connectivity index (χ3v) is 4.16. The smallest absolute Gasteiger partial charge is 0.220 e. The van der Waals surface area contributed by atoms with Crippen LogP contribution in [0.25, 0.3) is 0 Å². The van der Waals surface area contributed by atoms with E-state index in [9.17, 15) is 4.79 Å². The molecule has 0 unspecified atom stereocenters. The predicted molar refractivity (Wildman–Crippen MR) is 68.9 cm³/mol. The lowest BCUT2D eigenvalue weighted by Crippen LogP contribution is -2.32. The minimum Gasteiger partial charge on any atom is -0.351 e. The third kappa shape index (κ3) is 3.78. The van der Waals surface area contributed by atoms with Gasteiger partial charge in [0.2, 0.25) is 5.91 Å². The van der Waals surface area contributed by atoms with Crippen LogP contribution in [0.3, 0.4) is 0 Å². The van der Waals surface area contributed by atoms with Gasteiger partial charge in [0.25, 0.3) is 0 Å². The van der Waals surface area contributed by atoms with Crippen molar-refractivity contribution in [2.75, 3.05) is 13.1 Å². The van der Waals surface area contributed by atoms with Crippen molar-refractivity contribution >= 4 is 17.2 Å². The van der Waals surface area contributed by atoms with Gasteiger partial charge in [0.15, 0.2) is 0 Å². The summed E-state index contributed by atoms with van der Waals surface area (Å²) in [5.74, 6) is 0.725. The topological polar surface area (TPSA) is 54.0 Å². The molecule has 0 saturated carbocycles. The van der Waals surface area contributed by atoms with Gasteiger partial charge in [-0.3, -0.25) is 4.79 Å². The van der Waals surface area contributed by atoms with Gasteiger partial charge >= 0.3 is 0 Å². The molecule has 1 aromatic heterocycles. The van der Waals surface area contributed by atoms with Gasteiger partial charge in [-0.1, -0.05) is 0 Å². The van der Waals surface area contributed by atoms with E-state index in [0.29, 0.717) is 18.9 Å². The maximum Gasteiger partial charge on any atom is 0.220 e. The number of thiazole rings is 1. The highest BCUT2D eigenvalue weighted by Crippen LogP contribution is 2.16. The van der Waals surface area contributed by atoms with Crippen LogP contribution in [0.5, 0.6) is 0 Å². The summed E-state index contributed by atoms with van der Waals surface area (Å²) in [7, 11) is 0. The summed E-state index contributed by atoms with van der Waals surface area (Å²) in [6.45, 7) is 4.70. The molecule has 17 heavy (non-hydrogen) atoms. The van der Waals surface area contributed by atoms with E-state index in [4.69, 9.17) is 0 Å². The van der Waals surface area contributed by atoms with Crippen molar-refractivity contribution in [1.82, 2.24) is 15.6 Å². The van der Waals surface area contributed by atoms with E-state index in [-0.39, 0.29) is 5.91 Å². The van der Waals surface area contributed by atoms with E-state index in [2.05, 4.69) is 15.6 Å². The van der Waals surface area contributed by atoms with Crippen LogP contribution in [0.4, 0.5) is 0 Å². The molecule has 0 aliphatic carbocycles. The Morgan fingerprint density at radius 2 is 2.35 bits per heavy atom. The largest absolute Gasteiger partial charge is 0.351 e. The Hall–Kier alpha value is -0.940. The molecule has 0 bridgehead atoms. The summed E-state index contributed by atoms with van der Waals surface area (Å²) in [5.41, 5.74) is 2.85. The minimum atomic E-state index is 0.171. The van der Waals surface area contributed by atoms with Gasteiger partial charge in [-0.15, -0.1) is 11.3 Å². The number of hydrogen-bond donors (Lipinski definition) is 2. The van der Waals surface area contributed by atoms with Gasteiger partial charge in [0.1, 0.15) is 0 Å². The Morgan fingerprint density at radius 1 is 1.59 bits per heavy atom. The van der Waals surface area contributed by atoms with E-state index in [1.165, 1.54) is 0 Å². The Kier molecular flexibility index (Phi) is 4.50. The molecule has 4 nitrogen and oxygen atoms in total. The normalized spacial score (nSPS) is 17.0. The van der Waals surface area contributed by atoms with E-state index in [0.717, 1.165) is 36.5 Å². The number of rotatable bonds is 4. The number of nitrogens with one attached hydrogen (secondary N) is 2. The lowest BCUT2D eigenvalue weighted by Gasteiger charge is -2.21. The summed E-state index contributed by atoms with van der Waals surface area (Å²) >= 11 is 1.60.